The van der Waals surface area contributed by atoms with Crippen molar-refractivity contribution in [2.24, 2.45) is 11.7 Å². The molecular weight excluding hydrogens is 370 g/mol. The molecule has 0 spiro atoms. The maximum Gasteiger partial charge on any atom is 0.250 e. The fourth-order valence-corrected chi connectivity index (χ4v) is 4.95. The summed E-state index contributed by atoms with van der Waals surface area (Å²) in [7, 11) is 0. The van der Waals surface area contributed by atoms with Gasteiger partial charge >= 0.3 is 0 Å². The van der Waals surface area contributed by atoms with E-state index in [1.165, 1.54) is 0 Å². The number of hydrogen-bond acceptors (Lipinski definition) is 5. The number of amides is 3. The lowest BCUT2D eigenvalue weighted by molar-refractivity contribution is -0.136. The lowest BCUT2D eigenvalue weighted by atomic mass is 10.1. The molecule has 29 heavy (non-hydrogen) atoms. The van der Waals surface area contributed by atoms with Crippen LogP contribution in [-0.2, 0) is 9.59 Å². The molecule has 0 aliphatic carbocycles. The van der Waals surface area contributed by atoms with E-state index in [0.29, 0.717) is 37.3 Å². The molecular formula is C21H25N5O3. The van der Waals surface area contributed by atoms with Gasteiger partial charge in [0.1, 0.15) is 6.04 Å². The highest BCUT2D eigenvalue weighted by molar-refractivity contribution is 6.07. The SMILES string of the molecule is C[C@@H](CN1C[C@H]2C[C@@H]1C(=O)N2c1ccccc1C(N)=O)C(=O)N1CCC[C@H]1C#N. The second-order valence-electron chi connectivity index (χ2n) is 8.17. The summed E-state index contributed by atoms with van der Waals surface area (Å²) in [6.45, 7) is 3.64. The summed E-state index contributed by atoms with van der Waals surface area (Å²) in [6.07, 6.45) is 2.27. The number of piperazine rings is 1. The van der Waals surface area contributed by atoms with Crippen LogP contribution in [0, 0.1) is 17.2 Å². The molecule has 3 aliphatic rings. The number of benzene rings is 1. The van der Waals surface area contributed by atoms with Crippen LogP contribution in [0.1, 0.15) is 36.5 Å². The van der Waals surface area contributed by atoms with Crippen LogP contribution in [0.4, 0.5) is 5.69 Å². The van der Waals surface area contributed by atoms with Gasteiger partial charge in [-0.15, -0.1) is 0 Å². The zero-order valence-electron chi connectivity index (χ0n) is 16.5. The topological polar surface area (TPSA) is 111 Å². The highest BCUT2D eigenvalue weighted by Gasteiger charge is 2.51. The molecule has 0 radical (unpaired) electrons. The molecule has 152 valence electrons. The molecule has 8 nitrogen and oxygen atoms in total. The Bertz CT molecular complexity index is 895. The Hall–Kier alpha value is -2.92. The second-order valence-corrected chi connectivity index (χ2v) is 8.17. The molecule has 3 heterocycles. The first-order valence-corrected chi connectivity index (χ1v) is 10.1. The average molecular weight is 395 g/mol. The van der Waals surface area contributed by atoms with Gasteiger partial charge in [-0.1, -0.05) is 19.1 Å². The largest absolute Gasteiger partial charge is 0.366 e. The molecule has 4 rings (SSSR count). The van der Waals surface area contributed by atoms with E-state index >= 15 is 0 Å². The van der Waals surface area contributed by atoms with Gasteiger partial charge in [0.05, 0.1) is 29.4 Å². The Morgan fingerprint density at radius 2 is 2.10 bits per heavy atom. The minimum atomic E-state index is -0.551. The number of hydrogen-bond donors (Lipinski definition) is 1. The first-order chi connectivity index (χ1) is 13.9. The average Bonchev–Trinajstić information content (AvgIpc) is 3.41. The minimum Gasteiger partial charge on any atom is -0.366 e. The van der Waals surface area contributed by atoms with Crippen LogP contribution in [0.2, 0.25) is 0 Å². The molecule has 3 saturated heterocycles. The van der Waals surface area contributed by atoms with Gasteiger partial charge in [0.15, 0.2) is 0 Å². The van der Waals surface area contributed by atoms with Crippen LogP contribution in [0.3, 0.4) is 0 Å². The van der Waals surface area contributed by atoms with Gasteiger partial charge in [-0.2, -0.15) is 5.26 Å². The molecule has 2 bridgehead atoms. The van der Waals surface area contributed by atoms with Crippen LogP contribution in [-0.4, -0.2) is 65.3 Å². The Kier molecular flexibility index (Phi) is 5.01. The van der Waals surface area contributed by atoms with Crippen LogP contribution < -0.4 is 10.6 Å². The van der Waals surface area contributed by atoms with Crippen molar-refractivity contribution >= 4 is 23.4 Å². The van der Waals surface area contributed by atoms with E-state index in [1.54, 1.807) is 34.1 Å². The maximum absolute atomic E-state index is 13.1. The third-order valence-electron chi connectivity index (χ3n) is 6.31. The summed E-state index contributed by atoms with van der Waals surface area (Å²) in [5.41, 5.74) is 6.39. The first kappa shape index (κ1) is 19.4. The van der Waals surface area contributed by atoms with Crippen LogP contribution >= 0.6 is 0 Å². The number of primary amides is 1. The number of fused-ring (bicyclic) bond motifs is 2. The zero-order valence-corrected chi connectivity index (χ0v) is 16.5. The van der Waals surface area contributed by atoms with Crippen molar-refractivity contribution < 1.29 is 14.4 Å². The lowest BCUT2D eigenvalue weighted by Crippen LogP contribution is -2.53. The van der Waals surface area contributed by atoms with Crippen molar-refractivity contribution in [2.45, 2.75) is 44.3 Å². The number of carbonyl (C=O) groups excluding carboxylic acids is 3. The number of likely N-dealkylation sites (tertiary alicyclic amines) is 2. The summed E-state index contributed by atoms with van der Waals surface area (Å²) < 4.78 is 0. The van der Waals surface area contributed by atoms with Crippen LogP contribution in [0.25, 0.3) is 0 Å². The Morgan fingerprint density at radius 3 is 2.79 bits per heavy atom. The van der Waals surface area contributed by atoms with Gasteiger partial charge in [-0.25, -0.2) is 0 Å². The molecule has 1 aromatic rings. The highest BCUT2D eigenvalue weighted by Crippen LogP contribution is 2.37. The van der Waals surface area contributed by atoms with Gasteiger partial charge in [-0.3, -0.25) is 19.3 Å². The van der Waals surface area contributed by atoms with E-state index in [9.17, 15) is 19.6 Å². The zero-order chi connectivity index (χ0) is 20.7. The van der Waals surface area contributed by atoms with E-state index < -0.39 is 5.91 Å². The standard InChI is InChI=1S/C21H25N5O3/c1-13(20(28)25-8-4-5-14(25)10-22)11-24-12-15-9-18(24)21(29)26(15)17-7-3-2-6-16(17)19(23)27/h2-3,6-7,13-15,18H,4-5,8-9,11-12H2,1H3,(H2,23,27)/t13-,14-,15+,18+/m0/s1. The van der Waals surface area contributed by atoms with Crippen molar-refractivity contribution in [3.05, 3.63) is 29.8 Å². The molecule has 3 amide bonds. The monoisotopic (exact) mass is 395 g/mol. The van der Waals surface area contributed by atoms with Crippen molar-refractivity contribution in [2.75, 3.05) is 24.5 Å². The summed E-state index contributed by atoms with van der Waals surface area (Å²) >= 11 is 0. The number of rotatable bonds is 5. The van der Waals surface area contributed by atoms with Crippen LogP contribution in [0.15, 0.2) is 24.3 Å². The molecule has 4 atom stereocenters. The molecule has 8 heteroatoms. The maximum atomic E-state index is 13.1. The lowest BCUT2D eigenvalue weighted by Gasteiger charge is -2.36. The highest BCUT2D eigenvalue weighted by atomic mass is 16.2. The molecule has 3 fully saturated rings. The van der Waals surface area contributed by atoms with E-state index in [4.69, 9.17) is 5.73 Å². The van der Waals surface area contributed by atoms with Crippen LogP contribution in [0.5, 0.6) is 0 Å². The number of carbonyl (C=O) groups is 3. The Labute approximate surface area is 169 Å². The molecule has 1 aromatic carbocycles. The number of anilines is 1. The molecule has 0 unspecified atom stereocenters. The van der Waals surface area contributed by atoms with E-state index in [0.717, 1.165) is 12.8 Å². The second kappa shape index (κ2) is 7.48. The molecule has 3 aliphatic heterocycles. The summed E-state index contributed by atoms with van der Waals surface area (Å²) in [6, 6.07) is 8.47. The molecule has 0 saturated carbocycles. The van der Waals surface area contributed by atoms with Crippen molar-refractivity contribution in [3.63, 3.8) is 0 Å². The van der Waals surface area contributed by atoms with Crippen molar-refractivity contribution in [1.29, 1.82) is 5.26 Å². The van der Waals surface area contributed by atoms with Gasteiger partial charge < -0.3 is 15.5 Å². The Morgan fingerprint density at radius 1 is 1.34 bits per heavy atom. The van der Waals surface area contributed by atoms with E-state index in [-0.39, 0.29) is 35.9 Å². The summed E-state index contributed by atoms with van der Waals surface area (Å²) in [5, 5.41) is 9.23. The van der Waals surface area contributed by atoms with E-state index in [2.05, 4.69) is 11.0 Å². The summed E-state index contributed by atoms with van der Waals surface area (Å²) in [4.78, 5) is 43.0. The van der Waals surface area contributed by atoms with E-state index in [1.807, 2.05) is 6.92 Å². The van der Waals surface area contributed by atoms with Gasteiger partial charge in [-0.05, 0) is 31.4 Å². The third-order valence-corrected chi connectivity index (χ3v) is 6.31. The number of nitrogens with two attached hydrogens (primary N) is 1. The molecule has 0 aromatic heterocycles. The fraction of sp³-hybridized carbons (Fsp3) is 0.524. The normalized spacial score (nSPS) is 27.3. The summed E-state index contributed by atoms with van der Waals surface area (Å²) in [5.74, 6) is -0.891. The quantitative estimate of drug-likeness (QED) is 0.790. The number of nitriles is 1. The molecule has 2 N–H and O–H groups in total. The number of nitrogens with zero attached hydrogens (tertiary/aromatic N) is 4. The van der Waals surface area contributed by atoms with Gasteiger partial charge in [0.25, 0.3) is 5.91 Å². The predicted molar refractivity (Wildman–Crippen MR) is 106 cm³/mol. The first-order valence-electron chi connectivity index (χ1n) is 10.1. The minimum absolute atomic E-state index is 0.0137. The van der Waals surface area contributed by atoms with Crippen molar-refractivity contribution in [1.82, 2.24) is 9.80 Å². The number of para-hydroxylation sites is 1. The van der Waals surface area contributed by atoms with Gasteiger partial charge in [0.2, 0.25) is 11.8 Å². The predicted octanol–water partition coefficient (Wildman–Crippen LogP) is 0.726. The Balaban J connectivity index is 1.45. The van der Waals surface area contributed by atoms with Crippen molar-refractivity contribution in [3.8, 4) is 6.07 Å². The third kappa shape index (κ3) is 3.25. The fourth-order valence-electron chi connectivity index (χ4n) is 4.95. The smallest absolute Gasteiger partial charge is 0.250 e. The van der Waals surface area contributed by atoms with Gasteiger partial charge in [0, 0.05) is 25.6 Å².